The van der Waals surface area contributed by atoms with Crippen molar-refractivity contribution in [1.29, 1.82) is 0 Å². The Balaban J connectivity index is 1.24. The summed E-state index contributed by atoms with van der Waals surface area (Å²) in [6.07, 6.45) is 12.4. The largest absolute Gasteiger partial charge is 0.332 e. The van der Waals surface area contributed by atoms with E-state index in [1.807, 2.05) is 0 Å². The van der Waals surface area contributed by atoms with E-state index in [1.54, 1.807) is 0 Å². The first-order valence-electron chi connectivity index (χ1n) is 11.2. The van der Waals surface area contributed by atoms with Crippen LogP contribution in [0.25, 0.3) is 0 Å². The summed E-state index contributed by atoms with van der Waals surface area (Å²) in [5.74, 6) is 0. The zero-order chi connectivity index (χ0) is 20.0. The summed E-state index contributed by atoms with van der Waals surface area (Å²) in [6.45, 7) is 1.09. The molecule has 158 valence electrons. The first kappa shape index (κ1) is 19.4. The molecule has 0 atom stereocenters. The fourth-order valence-corrected chi connectivity index (χ4v) is 6.98. The fourth-order valence-electron chi connectivity index (χ4n) is 5.73. The number of carbonyl (C=O) groups excluding carboxylic acids is 1. The van der Waals surface area contributed by atoms with Gasteiger partial charge < -0.3 is 5.32 Å². The highest BCUT2D eigenvalue weighted by Gasteiger charge is 2.41. The Bertz CT molecular complexity index is 883. The maximum Gasteiger partial charge on any atom is 0.332 e. The Labute approximate surface area is 173 Å². The van der Waals surface area contributed by atoms with Gasteiger partial charge in [0, 0.05) is 24.8 Å². The van der Waals surface area contributed by atoms with Crippen LogP contribution in [0.15, 0.2) is 6.07 Å². The molecule has 7 heteroatoms. The van der Waals surface area contributed by atoms with Crippen LogP contribution in [0.5, 0.6) is 0 Å². The molecule has 1 aromatic rings. The number of sulfonamides is 1. The summed E-state index contributed by atoms with van der Waals surface area (Å²) >= 11 is 0. The maximum absolute atomic E-state index is 12.7. The molecule has 1 aliphatic heterocycles. The third-order valence-electron chi connectivity index (χ3n) is 7.35. The predicted molar refractivity (Wildman–Crippen MR) is 114 cm³/mol. The Morgan fingerprint density at radius 2 is 1.52 bits per heavy atom. The van der Waals surface area contributed by atoms with E-state index in [4.69, 9.17) is 0 Å². The average molecular weight is 418 g/mol. The maximum atomic E-state index is 12.7. The number of hydrogen-bond donors (Lipinski definition) is 2. The number of likely N-dealkylation sites (tertiary alicyclic amines) is 1. The van der Waals surface area contributed by atoms with Crippen molar-refractivity contribution in [2.75, 3.05) is 18.4 Å². The lowest BCUT2D eigenvalue weighted by molar-refractivity contribution is 0.0941. The minimum Gasteiger partial charge on any atom is -0.307 e. The second-order valence-corrected chi connectivity index (χ2v) is 11.2. The predicted octanol–water partition coefficient (Wildman–Crippen LogP) is 3.13. The first-order chi connectivity index (χ1) is 14.0. The third kappa shape index (κ3) is 3.67. The van der Waals surface area contributed by atoms with E-state index in [-0.39, 0.29) is 0 Å². The zero-order valence-electron chi connectivity index (χ0n) is 17.0. The van der Waals surface area contributed by atoms with Crippen molar-refractivity contribution in [3.63, 3.8) is 0 Å². The van der Waals surface area contributed by atoms with Crippen molar-refractivity contribution in [2.24, 2.45) is 0 Å². The Morgan fingerprint density at radius 1 is 0.897 bits per heavy atom. The van der Waals surface area contributed by atoms with E-state index in [9.17, 15) is 13.2 Å². The number of anilines is 1. The van der Waals surface area contributed by atoms with E-state index < -0.39 is 21.3 Å². The van der Waals surface area contributed by atoms with Crippen LogP contribution in [0, 0.1) is 0 Å². The molecule has 2 fully saturated rings. The second kappa shape index (κ2) is 7.58. The number of rotatable bonds is 4. The SMILES string of the molecule is O=C(Nc1c2c(cc3c1CCC3)CCC2)NS(=O)(=O)C1CN(C2CCCCC2)C1. The van der Waals surface area contributed by atoms with Gasteiger partial charge in [-0.2, -0.15) is 0 Å². The van der Waals surface area contributed by atoms with Gasteiger partial charge in [0.25, 0.3) is 0 Å². The van der Waals surface area contributed by atoms with Crippen molar-refractivity contribution in [3.05, 3.63) is 28.3 Å². The average Bonchev–Trinajstić information content (AvgIpc) is 3.29. The molecule has 0 aromatic heterocycles. The molecule has 1 saturated heterocycles. The summed E-state index contributed by atoms with van der Waals surface area (Å²) < 4.78 is 27.7. The van der Waals surface area contributed by atoms with Crippen LogP contribution in [-0.4, -0.2) is 43.7 Å². The number of hydrogen-bond acceptors (Lipinski definition) is 4. The van der Waals surface area contributed by atoms with Crippen molar-refractivity contribution in [1.82, 2.24) is 9.62 Å². The van der Waals surface area contributed by atoms with Gasteiger partial charge in [-0.25, -0.2) is 17.9 Å². The molecule has 6 nitrogen and oxygen atoms in total. The molecule has 1 saturated carbocycles. The number of urea groups is 1. The molecule has 0 bridgehead atoms. The molecule has 2 N–H and O–H groups in total. The minimum absolute atomic E-state index is 0.484. The van der Waals surface area contributed by atoms with Gasteiger partial charge in [-0.1, -0.05) is 25.3 Å². The van der Waals surface area contributed by atoms with Gasteiger partial charge in [-0.15, -0.1) is 0 Å². The van der Waals surface area contributed by atoms with Gasteiger partial charge in [-0.05, 0) is 73.6 Å². The summed E-state index contributed by atoms with van der Waals surface area (Å²) in [4.78, 5) is 14.9. The zero-order valence-corrected chi connectivity index (χ0v) is 17.8. The van der Waals surface area contributed by atoms with Crippen LogP contribution in [0.3, 0.4) is 0 Å². The van der Waals surface area contributed by atoms with E-state index >= 15 is 0 Å². The lowest BCUT2D eigenvalue weighted by Crippen LogP contribution is -2.61. The normalized spacial score (nSPS) is 22.8. The standard InChI is InChI=1S/C22H31N3O3S/c26-22(23-21-19-10-4-6-15(19)12-16-7-5-11-20(16)21)24-29(27,28)18-13-25(14-18)17-8-2-1-3-9-17/h12,17-18H,1-11,13-14H2,(H2,23,24,26). The molecule has 0 spiro atoms. The lowest BCUT2D eigenvalue weighted by atomic mass is 9.92. The van der Waals surface area contributed by atoms with E-state index in [0.29, 0.717) is 19.1 Å². The second-order valence-electron chi connectivity index (χ2n) is 9.20. The number of benzene rings is 1. The third-order valence-corrected chi connectivity index (χ3v) is 9.00. The topological polar surface area (TPSA) is 78.5 Å². The number of amides is 2. The summed E-state index contributed by atoms with van der Waals surface area (Å²) in [5, 5.41) is 2.45. The van der Waals surface area contributed by atoms with E-state index in [1.165, 1.54) is 54.4 Å². The van der Waals surface area contributed by atoms with Gasteiger partial charge in [0.15, 0.2) is 0 Å². The van der Waals surface area contributed by atoms with Gasteiger partial charge in [-0.3, -0.25) is 4.90 Å². The smallest absolute Gasteiger partial charge is 0.307 e. The molecule has 0 radical (unpaired) electrons. The van der Waals surface area contributed by atoms with E-state index in [2.05, 4.69) is 21.0 Å². The first-order valence-corrected chi connectivity index (χ1v) is 12.8. The van der Waals surface area contributed by atoms with Crippen molar-refractivity contribution < 1.29 is 13.2 Å². The molecule has 1 heterocycles. The molecule has 2 amide bonds. The molecular weight excluding hydrogens is 386 g/mol. The highest BCUT2D eigenvalue weighted by atomic mass is 32.2. The molecule has 4 aliphatic rings. The summed E-state index contributed by atoms with van der Waals surface area (Å²) in [5.41, 5.74) is 5.96. The number of aryl methyl sites for hydroxylation is 2. The molecule has 5 rings (SSSR count). The Hall–Kier alpha value is -1.60. The highest BCUT2D eigenvalue weighted by Crippen LogP contribution is 2.38. The van der Waals surface area contributed by atoms with Crippen molar-refractivity contribution in [3.8, 4) is 0 Å². The lowest BCUT2D eigenvalue weighted by Gasteiger charge is -2.44. The molecule has 0 unspecified atom stereocenters. The monoisotopic (exact) mass is 417 g/mol. The number of nitrogens with zero attached hydrogens (tertiary/aromatic N) is 1. The molecule has 29 heavy (non-hydrogen) atoms. The van der Waals surface area contributed by atoms with Crippen molar-refractivity contribution >= 4 is 21.7 Å². The van der Waals surface area contributed by atoms with Crippen LogP contribution in [0.2, 0.25) is 0 Å². The summed E-state index contributed by atoms with van der Waals surface area (Å²) in [7, 11) is -3.65. The van der Waals surface area contributed by atoms with Crippen molar-refractivity contribution in [2.45, 2.75) is 81.9 Å². The minimum atomic E-state index is -3.65. The van der Waals surface area contributed by atoms with Crippen LogP contribution < -0.4 is 10.0 Å². The molecule has 3 aliphatic carbocycles. The van der Waals surface area contributed by atoms with Crippen LogP contribution in [-0.2, 0) is 35.7 Å². The molecule has 1 aromatic carbocycles. The Morgan fingerprint density at radius 3 is 2.14 bits per heavy atom. The van der Waals surface area contributed by atoms with Gasteiger partial charge in [0.1, 0.15) is 5.25 Å². The van der Waals surface area contributed by atoms with Crippen LogP contribution >= 0.6 is 0 Å². The summed E-state index contributed by atoms with van der Waals surface area (Å²) in [6, 6.07) is 2.23. The van der Waals surface area contributed by atoms with Gasteiger partial charge in [0.05, 0.1) is 0 Å². The number of nitrogens with one attached hydrogen (secondary N) is 2. The van der Waals surface area contributed by atoms with Crippen LogP contribution in [0.1, 0.15) is 67.2 Å². The molecular formula is C22H31N3O3S. The highest BCUT2D eigenvalue weighted by molar-refractivity contribution is 7.90. The number of carbonyl (C=O) groups is 1. The van der Waals surface area contributed by atoms with Crippen LogP contribution in [0.4, 0.5) is 10.5 Å². The Kier molecular flexibility index (Phi) is 5.06. The van der Waals surface area contributed by atoms with Gasteiger partial charge >= 0.3 is 6.03 Å². The fraction of sp³-hybridized carbons (Fsp3) is 0.682. The quantitative estimate of drug-likeness (QED) is 0.789. The van der Waals surface area contributed by atoms with E-state index in [0.717, 1.165) is 44.2 Å². The van der Waals surface area contributed by atoms with Gasteiger partial charge in [0.2, 0.25) is 10.0 Å². The number of fused-ring (bicyclic) bond motifs is 2.